The number of aryl methyl sites for hydroxylation is 2. The van der Waals surface area contributed by atoms with E-state index in [9.17, 15) is 13.2 Å². The normalized spacial score (nSPS) is 13.3. The Morgan fingerprint density at radius 2 is 1.78 bits per heavy atom. The predicted molar refractivity (Wildman–Crippen MR) is 69.3 cm³/mol. The van der Waals surface area contributed by atoms with Crippen LogP contribution in [-0.2, 0) is 14.8 Å². The highest BCUT2D eigenvalue weighted by molar-refractivity contribution is 7.89. The maximum atomic E-state index is 12.1. The van der Waals surface area contributed by atoms with Gasteiger partial charge in [-0.25, -0.2) is 8.42 Å². The molecule has 7 heteroatoms. The van der Waals surface area contributed by atoms with Crippen LogP contribution in [0, 0.1) is 13.8 Å². The summed E-state index contributed by atoms with van der Waals surface area (Å²) in [5.74, 6) is -0.748. The third-order valence-electron chi connectivity index (χ3n) is 2.64. The van der Waals surface area contributed by atoms with Crippen LogP contribution < -0.4 is 16.2 Å². The minimum absolute atomic E-state index is 0.00407. The van der Waals surface area contributed by atoms with Crippen LogP contribution in [0.4, 0.5) is 5.69 Å². The van der Waals surface area contributed by atoms with E-state index in [1.807, 2.05) is 0 Å². The summed E-state index contributed by atoms with van der Waals surface area (Å²) in [6.07, 6.45) is 0. The van der Waals surface area contributed by atoms with Gasteiger partial charge in [-0.2, -0.15) is 4.72 Å². The smallest absolute Gasteiger partial charge is 0.243 e. The summed E-state index contributed by atoms with van der Waals surface area (Å²) in [6.45, 7) is 4.73. The maximum absolute atomic E-state index is 12.1. The van der Waals surface area contributed by atoms with Crippen molar-refractivity contribution in [3.05, 3.63) is 23.3 Å². The van der Waals surface area contributed by atoms with Crippen molar-refractivity contribution in [2.45, 2.75) is 31.7 Å². The molecule has 5 N–H and O–H groups in total. The largest absolute Gasteiger partial charge is 0.397 e. The molecule has 0 aromatic heterocycles. The molecule has 18 heavy (non-hydrogen) atoms. The zero-order valence-electron chi connectivity index (χ0n) is 10.5. The van der Waals surface area contributed by atoms with Crippen LogP contribution in [0.3, 0.4) is 0 Å². The fourth-order valence-corrected chi connectivity index (χ4v) is 3.16. The van der Waals surface area contributed by atoms with Crippen LogP contribution in [0.5, 0.6) is 0 Å². The Morgan fingerprint density at radius 3 is 2.28 bits per heavy atom. The number of carbonyl (C=O) groups is 1. The van der Waals surface area contributed by atoms with Crippen molar-refractivity contribution < 1.29 is 13.2 Å². The minimum atomic E-state index is -3.86. The fraction of sp³-hybridized carbons (Fsp3) is 0.364. The van der Waals surface area contributed by atoms with Crippen molar-refractivity contribution in [2.75, 3.05) is 5.73 Å². The van der Waals surface area contributed by atoms with Gasteiger partial charge in [-0.05, 0) is 31.9 Å². The van der Waals surface area contributed by atoms with Crippen molar-refractivity contribution in [1.82, 2.24) is 4.72 Å². The molecule has 6 nitrogen and oxygen atoms in total. The Morgan fingerprint density at radius 1 is 1.28 bits per heavy atom. The number of sulfonamides is 1. The van der Waals surface area contributed by atoms with E-state index in [4.69, 9.17) is 11.5 Å². The summed E-state index contributed by atoms with van der Waals surface area (Å²) < 4.78 is 26.5. The molecule has 100 valence electrons. The average molecular weight is 271 g/mol. The van der Waals surface area contributed by atoms with Gasteiger partial charge in [0.15, 0.2) is 0 Å². The minimum Gasteiger partial charge on any atom is -0.397 e. The van der Waals surface area contributed by atoms with Gasteiger partial charge >= 0.3 is 0 Å². The molecule has 1 aromatic rings. The molecule has 0 spiro atoms. The monoisotopic (exact) mass is 271 g/mol. The number of hydrogen-bond acceptors (Lipinski definition) is 4. The van der Waals surface area contributed by atoms with Gasteiger partial charge in [-0.15, -0.1) is 0 Å². The Hall–Kier alpha value is -1.60. The molecule has 0 saturated carbocycles. The van der Waals surface area contributed by atoms with E-state index in [2.05, 4.69) is 4.72 Å². The number of anilines is 1. The molecule has 0 heterocycles. The number of nitrogen functional groups attached to an aromatic ring is 1. The first-order chi connectivity index (χ1) is 8.16. The maximum Gasteiger partial charge on any atom is 0.243 e. The van der Waals surface area contributed by atoms with Crippen molar-refractivity contribution >= 4 is 21.6 Å². The number of hydrogen-bond donors (Lipinski definition) is 3. The molecular formula is C11H17N3O3S. The number of nitrogens with one attached hydrogen (secondary N) is 1. The first-order valence-electron chi connectivity index (χ1n) is 5.34. The molecule has 0 fully saturated rings. The molecule has 1 amide bonds. The van der Waals surface area contributed by atoms with E-state index in [1.54, 1.807) is 26.0 Å². The van der Waals surface area contributed by atoms with Crippen LogP contribution in [0.25, 0.3) is 0 Å². The van der Waals surface area contributed by atoms with Crippen LogP contribution >= 0.6 is 0 Å². The lowest BCUT2D eigenvalue weighted by atomic mass is 10.1. The standard InChI is InChI=1S/C11H17N3O3S/c1-6-4-5-7(2)10(9(6)12)18(16,17)14-8(3)11(13)15/h4-5,8,14H,12H2,1-3H3,(H2,13,15). The van der Waals surface area contributed by atoms with Gasteiger partial charge in [0.2, 0.25) is 15.9 Å². The molecular weight excluding hydrogens is 254 g/mol. The van der Waals surface area contributed by atoms with E-state index in [1.165, 1.54) is 6.92 Å². The quantitative estimate of drug-likeness (QED) is 0.670. The lowest BCUT2D eigenvalue weighted by Gasteiger charge is -2.15. The first kappa shape index (κ1) is 14.5. The van der Waals surface area contributed by atoms with E-state index in [-0.39, 0.29) is 10.6 Å². The molecule has 0 aliphatic heterocycles. The Balaban J connectivity index is 3.29. The lowest BCUT2D eigenvalue weighted by Crippen LogP contribution is -2.42. The number of nitrogens with two attached hydrogens (primary N) is 2. The second-order valence-corrected chi connectivity index (χ2v) is 5.84. The Kier molecular flexibility index (Phi) is 3.98. The van der Waals surface area contributed by atoms with E-state index in [0.29, 0.717) is 11.1 Å². The van der Waals surface area contributed by atoms with Crippen LogP contribution in [0.15, 0.2) is 17.0 Å². The molecule has 0 saturated heterocycles. The zero-order chi connectivity index (χ0) is 14.1. The zero-order valence-corrected chi connectivity index (χ0v) is 11.3. The summed E-state index contributed by atoms with van der Waals surface area (Å²) in [4.78, 5) is 10.9. The second-order valence-electron chi connectivity index (χ2n) is 4.19. The summed E-state index contributed by atoms with van der Waals surface area (Å²) >= 11 is 0. The summed E-state index contributed by atoms with van der Waals surface area (Å²) in [5.41, 5.74) is 12.2. The molecule has 0 aliphatic carbocycles. The first-order valence-corrected chi connectivity index (χ1v) is 6.82. The summed E-state index contributed by atoms with van der Waals surface area (Å²) in [6, 6.07) is 2.41. The molecule has 1 rings (SSSR count). The van der Waals surface area contributed by atoms with Crippen molar-refractivity contribution in [1.29, 1.82) is 0 Å². The Bertz CT molecular complexity index is 581. The molecule has 1 atom stereocenters. The second kappa shape index (κ2) is 4.95. The topological polar surface area (TPSA) is 115 Å². The molecule has 1 aromatic carbocycles. The van der Waals surface area contributed by atoms with Crippen molar-refractivity contribution in [3.8, 4) is 0 Å². The van der Waals surface area contributed by atoms with Gasteiger partial charge in [-0.3, -0.25) is 4.79 Å². The average Bonchev–Trinajstić information content (AvgIpc) is 2.23. The van der Waals surface area contributed by atoms with Crippen molar-refractivity contribution in [2.24, 2.45) is 5.73 Å². The van der Waals surface area contributed by atoms with Gasteiger partial charge in [0.1, 0.15) is 4.90 Å². The SMILES string of the molecule is Cc1ccc(C)c(S(=O)(=O)NC(C)C(N)=O)c1N. The lowest BCUT2D eigenvalue weighted by molar-refractivity contribution is -0.119. The number of carbonyl (C=O) groups excluding carboxylic acids is 1. The molecule has 0 bridgehead atoms. The van der Waals surface area contributed by atoms with Gasteiger partial charge in [-0.1, -0.05) is 12.1 Å². The number of primary amides is 1. The molecule has 0 radical (unpaired) electrons. The number of rotatable bonds is 4. The number of benzene rings is 1. The van der Waals surface area contributed by atoms with Crippen LogP contribution in [-0.4, -0.2) is 20.4 Å². The number of amides is 1. The highest BCUT2D eigenvalue weighted by Gasteiger charge is 2.24. The molecule has 1 unspecified atom stereocenters. The highest BCUT2D eigenvalue weighted by Crippen LogP contribution is 2.25. The van der Waals surface area contributed by atoms with Gasteiger partial charge in [0.25, 0.3) is 0 Å². The van der Waals surface area contributed by atoms with E-state index in [0.717, 1.165) is 0 Å². The predicted octanol–water partition coefficient (Wildman–Crippen LogP) is 0.0377. The van der Waals surface area contributed by atoms with Gasteiger partial charge in [0, 0.05) is 0 Å². The van der Waals surface area contributed by atoms with Crippen LogP contribution in [0.2, 0.25) is 0 Å². The Labute approximate surface area is 106 Å². The van der Waals surface area contributed by atoms with Crippen molar-refractivity contribution in [3.63, 3.8) is 0 Å². The summed E-state index contributed by atoms with van der Waals surface area (Å²) in [7, 11) is -3.86. The third kappa shape index (κ3) is 2.80. The van der Waals surface area contributed by atoms with E-state index >= 15 is 0 Å². The van der Waals surface area contributed by atoms with Gasteiger partial charge < -0.3 is 11.5 Å². The highest BCUT2D eigenvalue weighted by atomic mass is 32.2. The molecule has 0 aliphatic rings. The fourth-order valence-electron chi connectivity index (χ4n) is 1.51. The van der Waals surface area contributed by atoms with E-state index < -0.39 is 22.0 Å². The summed E-state index contributed by atoms with van der Waals surface area (Å²) in [5, 5.41) is 0. The van der Waals surface area contributed by atoms with Gasteiger partial charge in [0.05, 0.1) is 11.7 Å². The van der Waals surface area contributed by atoms with Crippen LogP contribution in [0.1, 0.15) is 18.1 Å². The third-order valence-corrected chi connectivity index (χ3v) is 4.38.